The van der Waals surface area contributed by atoms with E-state index in [4.69, 9.17) is 16.3 Å². The Bertz CT molecular complexity index is 555. The molecule has 2 rings (SSSR count). The molecule has 92 valence electrons. The van der Waals surface area contributed by atoms with Crippen LogP contribution in [0.4, 0.5) is 0 Å². The van der Waals surface area contributed by atoms with Crippen molar-refractivity contribution in [2.45, 2.75) is 13.5 Å². The van der Waals surface area contributed by atoms with Gasteiger partial charge in [0.25, 0.3) is 0 Å². The molecule has 0 atom stereocenters. The average molecular weight is 262 g/mol. The van der Waals surface area contributed by atoms with Gasteiger partial charge in [0.2, 0.25) is 0 Å². The third kappa shape index (κ3) is 3.08. The fourth-order valence-electron chi connectivity index (χ4n) is 1.48. The molecule has 1 aromatic carbocycles. The molecule has 3 nitrogen and oxygen atoms in total. The van der Waals surface area contributed by atoms with Crippen molar-refractivity contribution in [2.24, 2.45) is 0 Å². The van der Waals surface area contributed by atoms with Gasteiger partial charge in [-0.25, -0.2) is 0 Å². The van der Waals surface area contributed by atoms with E-state index in [0.29, 0.717) is 22.9 Å². The van der Waals surface area contributed by atoms with Crippen molar-refractivity contribution >= 4 is 17.4 Å². The number of nitrogens with zero attached hydrogens (tertiary/aromatic N) is 1. The van der Waals surface area contributed by atoms with Crippen molar-refractivity contribution in [3.05, 3.63) is 58.9 Å². The zero-order valence-corrected chi connectivity index (χ0v) is 10.6. The van der Waals surface area contributed by atoms with Crippen molar-refractivity contribution in [2.75, 3.05) is 0 Å². The number of Topliss-reactive ketones (excluding diaryl/α,β-unsaturated/α-hetero) is 1. The third-order valence-corrected chi connectivity index (χ3v) is 2.75. The first-order chi connectivity index (χ1) is 8.66. The summed E-state index contributed by atoms with van der Waals surface area (Å²) in [6, 6.07) is 8.79. The number of hydrogen-bond acceptors (Lipinski definition) is 3. The first-order valence-corrected chi connectivity index (χ1v) is 5.87. The zero-order chi connectivity index (χ0) is 13.0. The van der Waals surface area contributed by atoms with Crippen LogP contribution in [0.15, 0.2) is 42.7 Å². The summed E-state index contributed by atoms with van der Waals surface area (Å²) in [5, 5.41) is 0.437. The Balaban J connectivity index is 2.08. The fraction of sp³-hybridized carbons (Fsp3) is 0.143. The van der Waals surface area contributed by atoms with Crippen LogP contribution in [0.2, 0.25) is 5.02 Å². The minimum Gasteiger partial charge on any atom is -0.487 e. The van der Waals surface area contributed by atoms with E-state index in [1.807, 2.05) is 12.1 Å². The lowest BCUT2D eigenvalue weighted by molar-refractivity contribution is 0.101. The van der Waals surface area contributed by atoms with Gasteiger partial charge < -0.3 is 4.74 Å². The molecule has 0 saturated carbocycles. The number of halogens is 1. The Morgan fingerprint density at radius 1 is 1.39 bits per heavy atom. The van der Waals surface area contributed by atoms with Gasteiger partial charge in [-0.1, -0.05) is 17.7 Å². The number of aromatic nitrogens is 1. The van der Waals surface area contributed by atoms with Crippen molar-refractivity contribution in [1.29, 1.82) is 0 Å². The van der Waals surface area contributed by atoms with Crippen molar-refractivity contribution in [3.8, 4) is 5.75 Å². The monoisotopic (exact) mass is 261 g/mol. The van der Waals surface area contributed by atoms with Crippen molar-refractivity contribution in [3.63, 3.8) is 0 Å². The molecule has 0 spiro atoms. The van der Waals surface area contributed by atoms with Gasteiger partial charge in [-0.2, -0.15) is 0 Å². The van der Waals surface area contributed by atoms with E-state index in [2.05, 4.69) is 4.98 Å². The summed E-state index contributed by atoms with van der Waals surface area (Å²) in [6.45, 7) is 1.90. The van der Waals surface area contributed by atoms with E-state index in [0.717, 1.165) is 5.56 Å². The molecule has 4 heteroatoms. The van der Waals surface area contributed by atoms with Crippen LogP contribution in [0.25, 0.3) is 0 Å². The molecule has 0 unspecified atom stereocenters. The third-order valence-electron chi connectivity index (χ3n) is 2.46. The summed E-state index contributed by atoms with van der Waals surface area (Å²) in [5.41, 5.74) is 1.54. The molecule has 1 aromatic heterocycles. The van der Waals surface area contributed by atoms with Gasteiger partial charge in [0.05, 0.1) is 5.02 Å². The Labute approximate surface area is 110 Å². The fourth-order valence-corrected chi connectivity index (χ4v) is 1.72. The number of hydrogen-bond donors (Lipinski definition) is 0. The lowest BCUT2D eigenvalue weighted by Crippen LogP contribution is -1.98. The molecule has 0 fully saturated rings. The molecule has 0 aliphatic rings. The highest BCUT2D eigenvalue weighted by Crippen LogP contribution is 2.26. The van der Waals surface area contributed by atoms with Crippen molar-refractivity contribution < 1.29 is 9.53 Å². The van der Waals surface area contributed by atoms with Gasteiger partial charge in [0.1, 0.15) is 12.4 Å². The Morgan fingerprint density at radius 2 is 2.22 bits per heavy atom. The molecule has 1 heterocycles. The predicted octanol–water partition coefficient (Wildman–Crippen LogP) is 3.52. The number of pyridine rings is 1. The smallest absolute Gasteiger partial charge is 0.159 e. The summed E-state index contributed by atoms with van der Waals surface area (Å²) >= 11 is 6.05. The number of ketones is 1. The minimum absolute atomic E-state index is 0.0179. The Hall–Kier alpha value is -1.87. The summed E-state index contributed by atoms with van der Waals surface area (Å²) in [7, 11) is 0. The summed E-state index contributed by atoms with van der Waals surface area (Å²) in [6.07, 6.45) is 3.44. The SMILES string of the molecule is CC(=O)c1ccc(OCc2cccnc2)c(Cl)c1. The van der Waals surface area contributed by atoms with E-state index >= 15 is 0 Å². The highest BCUT2D eigenvalue weighted by molar-refractivity contribution is 6.32. The maximum atomic E-state index is 11.2. The number of benzene rings is 1. The molecule has 0 radical (unpaired) electrons. The van der Waals surface area contributed by atoms with Gasteiger partial charge in [-0.15, -0.1) is 0 Å². The maximum absolute atomic E-state index is 11.2. The average Bonchev–Trinajstić information content (AvgIpc) is 2.38. The van der Waals surface area contributed by atoms with E-state index in [1.54, 1.807) is 30.6 Å². The van der Waals surface area contributed by atoms with Gasteiger partial charge >= 0.3 is 0 Å². The lowest BCUT2D eigenvalue weighted by Gasteiger charge is -2.08. The number of ether oxygens (including phenoxy) is 1. The summed E-state index contributed by atoms with van der Waals surface area (Å²) in [4.78, 5) is 15.2. The normalized spacial score (nSPS) is 10.1. The van der Waals surface area contributed by atoms with Crippen LogP contribution in [-0.4, -0.2) is 10.8 Å². The van der Waals surface area contributed by atoms with Crippen LogP contribution in [0.3, 0.4) is 0 Å². The molecule has 2 aromatic rings. The number of carbonyl (C=O) groups excluding carboxylic acids is 1. The van der Waals surface area contributed by atoms with Gasteiger partial charge in [-0.05, 0) is 31.2 Å². The minimum atomic E-state index is -0.0179. The molecule has 0 amide bonds. The molecule has 18 heavy (non-hydrogen) atoms. The molecule has 0 saturated heterocycles. The van der Waals surface area contributed by atoms with E-state index in [9.17, 15) is 4.79 Å². The van der Waals surface area contributed by atoms with Crippen LogP contribution in [0.5, 0.6) is 5.75 Å². The molecule has 0 N–H and O–H groups in total. The van der Waals surface area contributed by atoms with Gasteiger partial charge in [-0.3, -0.25) is 9.78 Å². The zero-order valence-electron chi connectivity index (χ0n) is 9.89. The van der Waals surface area contributed by atoms with Gasteiger partial charge in [0, 0.05) is 23.5 Å². The molecule has 0 bridgehead atoms. The second-order valence-corrected chi connectivity index (χ2v) is 4.26. The van der Waals surface area contributed by atoms with Crippen LogP contribution in [0.1, 0.15) is 22.8 Å². The Kier molecular flexibility index (Phi) is 3.95. The van der Waals surface area contributed by atoms with Gasteiger partial charge in [0.15, 0.2) is 5.78 Å². The molecular weight excluding hydrogens is 250 g/mol. The number of rotatable bonds is 4. The van der Waals surface area contributed by atoms with E-state index < -0.39 is 0 Å². The number of carbonyl (C=O) groups is 1. The van der Waals surface area contributed by atoms with Crippen LogP contribution in [0, 0.1) is 0 Å². The largest absolute Gasteiger partial charge is 0.487 e. The second kappa shape index (κ2) is 5.65. The van der Waals surface area contributed by atoms with E-state index in [-0.39, 0.29) is 5.78 Å². The van der Waals surface area contributed by atoms with Crippen molar-refractivity contribution in [1.82, 2.24) is 4.98 Å². The quantitative estimate of drug-likeness (QED) is 0.791. The second-order valence-electron chi connectivity index (χ2n) is 3.85. The van der Waals surface area contributed by atoms with Crippen LogP contribution >= 0.6 is 11.6 Å². The summed E-state index contributed by atoms with van der Waals surface area (Å²) in [5.74, 6) is 0.543. The van der Waals surface area contributed by atoms with E-state index in [1.165, 1.54) is 6.92 Å². The first kappa shape index (κ1) is 12.6. The van der Waals surface area contributed by atoms with Crippen LogP contribution < -0.4 is 4.74 Å². The summed E-state index contributed by atoms with van der Waals surface area (Å²) < 4.78 is 5.57. The highest BCUT2D eigenvalue weighted by Gasteiger charge is 2.06. The maximum Gasteiger partial charge on any atom is 0.159 e. The molecule has 0 aliphatic carbocycles. The highest BCUT2D eigenvalue weighted by atomic mass is 35.5. The standard InChI is InChI=1S/C14H12ClNO2/c1-10(17)12-4-5-14(13(15)7-12)18-9-11-3-2-6-16-8-11/h2-8H,9H2,1H3. The topological polar surface area (TPSA) is 39.2 Å². The van der Waals surface area contributed by atoms with Crippen LogP contribution in [-0.2, 0) is 6.61 Å². The molecule has 0 aliphatic heterocycles. The first-order valence-electron chi connectivity index (χ1n) is 5.49. The predicted molar refractivity (Wildman–Crippen MR) is 70.0 cm³/mol. The molecular formula is C14H12ClNO2. The lowest BCUT2D eigenvalue weighted by atomic mass is 10.1. The Morgan fingerprint density at radius 3 is 2.83 bits per heavy atom.